The molecule has 0 saturated carbocycles. The summed E-state index contributed by atoms with van der Waals surface area (Å²) in [5, 5.41) is 2.14. The summed E-state index contributed by atoms with van der Waals surface area (Å²) in [5.74, 6) is 1.43. The van der Waals surface area contributed by atoms with Crippen LogP contribution in [0.3, 0.4) is 0 Å². The first kappa shape index (κ1) is 18.9. The minimum atomic E-state index is 0.0578. The number of hydrogen-bond acceptors (Lipinski definition) is 7. The summed E-state index contributed by atoms with van der Waals surface area (Å²) in [6.07, 6.45) is 7.33. The monoisotopic (exact) mass is 417 g/mol. The molecule has 1 atom stereocenters. The Hall–Kier alpha value is -3.06. The van der Waals surface area contributed by atoms with Crippen molar-refractivity contribution < 1.29 is 4.74 Å². The van der Waals surface area contributed by atoms with Crippen molar-refractivity contribution >= 4 is 27.5 Å². The standard InChI is InChI=1S/C23H23N5OS/c1-3-16-10-24-23(25-11-16)28-9-8-18(12-28)29-22-21-20(26-14-27-22)19(13-30-21)17-6-4-15(2)5-7-17/h4-7,10-11,13-14,18H,3,8-9,12H2,1-2H3. The van der Waals surface area contributed by atoms with Gasteiger partial charge in [0.1, 0.15) is 17.1 Å². The molecular weight excluding hydrogens is 394 g/mol. The van der Waals surface area contributed by atoms with Crippen LogP contribution in [0.1, 0.15) is 24.5 Å². The zero-order chi connectivity index (χ0) is 20.5. The highest BCUT2D eigenvalue weighted by atomic mass is 32.1. The summed E-state index contributed by atoms with van der Waals surface area (Å²) in [4.78, 5) is 20.2. The average molecular weight is 418 g/mol. The number of thiophene rings is 1. The maximum absolute atomic E-state index is 6.32. The van der Waals surface area contributed by atoms with Gasteiger partial charge in [-0.05, 0) is 24.5 Å². The second kappa shape index (κ2) is 7.99. The van der Waals surface area contributed by atoms with E-state index < -0.39 is 0 Å². The summed E-state index contributed by atoms with van der Waals surface area (Å²) in [7, 11) is 0. The number of aromatic nitrogens is 4. The maximum atomic E-state index is 6.32. The Morgan fingerprint density at radius 3 is 2.67 bits per heavy atom. The van der Waals surface area contributed by atoms with E-state index in [9.17, 15) is 0 Å². The molecule has 1 fully saturated rings. The SMILES string of the molecule is CCc1cnc(N2CCC(Oc3ncnc4c(-c5ccc(C)cc5)csc34)C2)nc1. The quantitative estimate of drug-likeness (QED) is 0.470. The molecule has 1 saturated heterocycles. The summed E-state index contributed by atoms with van der Waals surface area (Å²) in [5.41, 5.74) is 5.63. The van der Waals surface area contributed by atoms with Crippen LogP contribution in [0.5, 0.6) is 5.88 Å². The van der Waals surface area contributed by atoms with Gasteiger partial charge in [-0.25, -0.2) is 19.9 Å². The van der Waals surface area contributed by atoms with Crippen LogP contribution in [0.4, 0.5) is 5.95 Å². The molecule has 152 valence electrons. The second-order valence-electron chi connectivity index (χ2n) is 7.59. The molecule has 1 aromatic carbocycles. The molecule has 3 aromatic heterocycles. The van der Waals surface area contributed by atoms with Gasteiger partial charge < -0.3 is 9.64 Å². The van der Waals surface area contributed by atoms with E-state index in [2.05, 4.69) is 68.3 Å². The molecule has 0 spiro atoms. The molecular formula is C23H23N5OS. The normalized spacial score (nSPS) is 16.3. The summed E-state index contributed by atoms with van der Waals surface area (Å²) in [6, 6.07) is 8.52. The molecule has 1 aliphatic heterocycles. The molecule has 5 rings (SSSR count). The second-order valence-corrected chi connectivity index (χ2v) is 8.47. The van der Waals surface area contributed by atoms with E-state index in [1.165, 1.54) is 5.56 Å². The van der Waals surface area contributed by atoms with Crippen LogP contribution in [-0.2, 0) is 6.42 Å². The van der Waals surface area contributed by atoms with Crippen molar-refractivity contribution in [2.24, 2.45) is 0 Å². The van der Waals surface area contributed by atoms with Crippen molar-refractivity contribution in [2.45, 2.75) is 32.8 Å². The largest absolute Gasteiger partial charge is 0.471 e. The lowest BCUT2D eigenvalue weighted by Crippen LogP contribution is -2.26. The predicted octanol–water partition coefficient (Wildman–Crippen LogP) is 4.68. The highest BCUT2D eigenvalue weighted by molar-refractivity contribution is 7.18. The van der Waals surface area contributed by atoms with Crippen molar-refractivity contribution in [3.63, 3.8) is 0 Å². The Labute approximate surface area is 179 Å². The van der Waals surface area contributed by atoms with E-state index in [-0.39, 0.29) is 6.10 Å². The van der Waals surface area contributed by atoms with E-state index >= 15 is 0 Å². The topological polar surface area (TPSA) is 64.0 Å². The molecule has 4 heterocycles. The fourth-order valence-corrected chi connectivity index (χ4v) is 4.67. The molecule has 7 heteroatoms. The molecule has 1 aliphatic rings. The third kappa shape index (κ3) is 3.61. The number of hydrogen-bond donors (Lipinski definition) is 0. The van der Waals surface area contributed by atoms with Crippen LogP contribution in [0.2, 0.25) is 0 Å². The Balaban J connectivity index is 1.35. The molecule has 6 nitrogen and oxygen atoms in total. The van der Waals surface area contributed by atoms with Crippen molar-refractivity contribution in [2.75, 3.05) is 18.0 Å². The molecule has 0 radical (unpaired) electrons. The van der Waals surface area contributed by atoms with Gasteiger partial charge >= 0.3 is 0 Å². The Kier molecular flexibility index (Phi) is 5.04. The number of nitrogens with zero attached hydrogens (tertiary/aromatic N) is 5. The third-order valence-electron chi connectivity index (χ3n) is 5.49. The molecule has 0 amide bonds. The molecule has 4 aromatic rings. The first-order valence-corrected chi connectivity index (χ1v) is 11.1. The maximum Gasteiger partial charge on any atom is 0.235 e. The Morgan fingerprint density at radius 2 is 1.90 bits per heavy atom. The zero-order valence-electron chi connectivity index (χ0n) is 17.1. The first-order valence-electron chi connectivity index (χ1n) is 10.2. The van der Waals surface area contributed by atoms with Gasteiger partial charge in [0.05, 0.1) is 12.1 Å². The Bertz CT molecular complexity index is 1160. The lowest BCUT2D eigenvalue weighted by atomic mass is 10.1. The van der Waals surface area contributed by atoms with Crippen LogP contribution in [0.25, 0.3) is 21.3 Å². The lowest BCUT2D eigenvalue weighted by molar-refractivity contribution is 0.219. The summed E-state index contributed by atoms with van der Waals surface area (Å²) >= 11 is 1.64. The average Bonchev–Trinajstić information content (AvgIpc) is 3.42. The number of ether oxygens (including phenoxy) is 1. The highest BCUT2D eigenvalue weighted by Crippen LogP contribution is 2.37. The summed E-state index contributed by atoms with van der Waals surface area (Å²) < 4.78 is 7.31. The fraction of sp³-hybridized carbons (Fsp3) is 0.304. The highest BCUT2D eigenvalue weighted by Gasteiger charge is 2.27. The van der Waals surface area contributed by atoms with E-state index in [0.717, 1.165) is 58.8 Å². The minimum Gasteiger partial charge on any atom is -0.471 e. The van der Waals surface area contributed by atoms with E-state index in [4.69, 9.17) is 4.74 Å². The first-order chi connectivity index (χ1) is 14.7. The lowest BCUT2D eigenvalue weighted by Gasteiger charge is -2.17. The Morgan fingerprint density at radius 1 is 1.10 bits per heavy atom. The number of fused-ring (bicyclic) bond motifs is 1. The van der Waals surface area contributed by atoms with Crippen molar-refractivity contribution in [3.05, 3.63) is 59.5 Å². The fourth-order valence-electron chi connectivity index (χ4n) is 3.71. The minimum absolute atomic E-state index is 0.0578. The van der Waals surface area contributed by atoms with Gasteiger partial charge in [0.15, 0.2) is 0 Å². The molecule has 0 bridgehead atoms. The number of anilines is 1. The van der Waals surface area contributed by atoms with Gasteiger partial charge in [-0.2, -0.15) is 0 Å². The molecule has 30 heavy (non-hydrogen) atoms. The van der Waals surface area contributed by atoms with Crippen LogP contribution in [0.15, 0.2) is 48.4 Å². The zero-order valence-corrected chi connectivity index (χ0v) is 17.9. The molecule has 1 unspecified atom stereocenters. The van der Waals surface area contributed by atoms with E-state index in [1.807, 2.05) is 12.4 Å². The van der Waals surface area contributed by atoms with Gasteiger partial charge in [0.25, 0.3) is 0 Å². The van der Waals surface area contributed by atoms with Crippen molar-refractivity contribution in [3.8, 4) is 17.0 Å². The summed E-state index contributed by atoms with van der Waals surface area (Å²) in [6.45, 7) is 5.84. The molecule has 0 N–H and O–H groups in total. The van der Waals surface area contributed by atoms with Crippen LogP contribution >= 0.6 is 11.3 Å². The van der Waals surface area contributed by atoms with Crippen molar-refractivity contribution in [1.82, 2.24) is 19.9 Å². The van der Waals surface area contributed by atoms with Gasteiger partial charge in [-0.1, -0.05) is 36.8 Å². The third-order valence-corrected chi connectivity index (χ3v) is 6.45. The van der Waals surface area contributed by atoms with Gasteiger partial charge in [-0.3, -0.25) is 0 Å². The van der Waals surface area contributed by atoms with Crippen LogP contribution in [0, 0.1) is 6.92 Å². The van der Waals surface area contributed by atoms with Crippen molar-refractivity contribution in [1.29, 1.82) is 0 Å². The van der Waals surface area contributed by atoms with E-state index in [0.29, 0.717) is 5.88 Å². The van der Waals surface area contributed by atoms with E-state index in [1.54, 1.807) is 17.7 Å². The number of aryl methyl sites for hydroxylation is 2. The van der Waals surface area contributed by atoms with Crippen LogP contribution in [-0.4, -0.2) is 39.1 Å². The smallest absolute Gasteiger partial charge is 0.235 e. The van der Waals surface area contributed by atoms with Gasteiger partial charge in [-0.15, -0.1) is 11.3 Å². The number of benzene rings is 1. The van der Waals surface area contributed by atoms with Crippen LogP contribution < -0.4 is 9.64 Å². The molecule has 0 aliphatic carbocycles. The number of rotatable bonds is 5. The predicted molar refractivity (Wildman–Crippen MR) is 120 cm³/mol. The van der Waals surface area contributed by atoms with Gasteiger partial charge in [0, 0.05) is 36.3 Å². The van der Waals surface area contributed by atoms with Gasteiger partial charge in [0.2, 0.25) is 11.8 Å².